The van der Waals surface area contributed by atoms with Gasteiger partial charge in [-0.2, -0.15) is 0 Å². The molecule has 1 heterocycles. The standard InChI is InChI=1S/C37H61NO15/c1-2-8-41-10-12-43-14-16-45-18-20-47-22-24-49-26-28-51-30-32-53-33-31-52-29-27-50-25-23-48-21-19-46-17-15-44-13-11-42-9-7-38-36(39)34-5-3-4-6-35(34)37(38)40/h2-6H,1,7-33H2. The highest BCUT2D eigenvalue weighted by molar-refractivity contribution is 6.21. The molecule has 2 amide bonds. The fourth-order valence-corrected chi connectivity index (χ4v) is 4.40. The molecule has 0 saturated carbocycles. The number of carbonyl (C=O) groups excluding carboxylic acids is 2. The van der Waals surface area contributed by atoms with E-state index in [-0.39, 0.29) is 25.0 Å². The first-order valence-corrected chi connectivity index (χ1v) is 18.3. The van der Waals surface area contributed by atoms with Gasteiger partial charge in [-0.05, 0) is 12.1 Å². The zero-order valence-corrected chi connectivity index (χ0v) is 31.3. The van der Waals surface area contributed by atoms with E-state index < -0.39 is 0 Å². The fraction of sp³-hybridized carbons (Fsp3) is 0.730. The molecule has 0 aliphatic carbocycles. The summed E-state index contributed by atoms with van der Waals surface area (Å²) in [6.07, 6.45) is 1.71. The number of imide groups is 1. The van der Waals surface area contributed by atoms with Crippen molar-refractivity contribution in [3.8, 4) is 0 Å². The summed E-state index contributed by atoms with van der Waals surface area (Å²) in [7, 11) is 0. The Labute approximate surface area is 314 Å². The van der Waals surface area contributed by atoms with Crippen molar-refractivity contribution < 1.29 is 71.2 Å². The molecule has 2 rings (SSSR count). The Bertz CT molecular complexity index is 999. The van der Waals surface area contributed by atoms with Crippen LogP contribution in [-0.2, 0) is 61.6 Å². The van der Waals surface area contributed by atoms with Gasteiger partial charge in [-0.15, -0.1) is 6.58 Å². The third-order valence-corrected chi connectivity index (χ3v) is 7.04. The topological polar surface area (TPSA) is 157 Å². The van der Waals surface area contributed by atoms with Crippen molar-refractivity contribution in [1.82, 2.24) is 4.90 Å². The molecule has 0 bridgehead atoms. The fourth-order valence-electron chi connectivity index (χ4n) is 4.40. The van der Waals surface area contributed by atoms with Crippen LogP contribution in [0.25, 0.3) is 0 Å². The van der Waals surface area contributed by atoms with E-state index in [4.69, 9.17) is 61.6 Å². The summed E-state index contributed by atoms with van der Waals surface area (Å²) in [4.78, 5) is 25.8. The van der Waals surface area contributed by atoms with E-state index in [1.165, 1.54) is 4.90 Å². The van der Waals surface area contributed by atoms with Crippen LogP contribution in [0, 0.1) is 0 Å². The molecule has 304 valence electrons. The lowest BCUT2D eigenvalue weighted by Crippen LogP contribution is -2.33. The average molecular weight is 760 g/mol. The molecule has 0 unspecified atom stereocenters. The number of hydrogen-bond acceptors (Lipinski definition) is 15. The minimum absolute atomic E-state index is 0.212. The van der Waals surface area contributed by atoms with Gasteiger partial charge in [0.1, 0.15) is 0 Å². The molecule has 0 atom stereocenters. The number of amides is 2. The highest BCUT2D eigenvalue weighted by Crippen LogP contribution is 2.21. The van der Waals surface area contributed by atoms with Crippen LogP contribution in [0.3, 0.4) is 0 Å². The second-order valence-corrected chi connectivity index (χ2v) is 11.0. The normalized spacial score (nSPS) is 12.6. The third kappa shape index (κ3) is 25.3. The molecule has 0 spiro atoms. The maximum absolute atomic E-state index is 12.3. The highest BCUT2D eigenvalue weighted by atomic mass is 16.6. The van der Waals surface area contributed by atoms with Gasteiger partial charge >= 0.3 is 0 Å². The lowest BCUT2D eigenvalue weighted by molar-refractivity contribution is -0.0289. The first-order chi connectivity index (χ1) is 26.3. The molecular formula is C37H61NO15. The van der Waals surface area contributed by atoms with Gasteiger partial charge in [-0.1, -0.05) is 18.2 Å². The molecule has 0 aromatic heterocycles. The Morgan fingerprint density at radius 3 is 0.849 bits per heavy atom. The summed E-state index contributed by atoms with van der Waals surface area (Å²) in [5, 5.41) is 0. The van der Waals surface area contributed by atoms with Crippen molar-refractivity contribution in [3.05, 3.63) is 48.0 Å². The lowest BCUT2D eigenvalue weighted by atomic mass is 10.1. The van der Waals surface area contributed by atoms with Crippen molar-refractivity contribution in [1.29, 1.82) is 0 Å². The van der Waals surface area contributed by atoms with Crippen molar-refractivity contribution in [2.24, 2.45) is 0 Å². The molecule has 1 aromatic carbocycles. The van der Waals surface area contributed by atoms with E-state index >= 15 is 0 Å². The molecule has 1 aliphatic rings. The van der Waals surface area contributed by atoms with Crippen LogP contribution in [0.2, 0.25) is 0 Å². The molecule has 0 fully saturated rings. The van der Waals surface area contributed by atoms with Gasteiger partial charge in [0.05, 0.1) is 189 Å². The summed E-state index contributed by atoms with van der Waals surface area (Å²) in [6.45, 7) is 16.2. The number of nitrogens with zero attached hydrogens (tertiary/aromatic N) is 1. The van der Waals surface area contributed by atoms with Gasteiger partial charge in [0, 0.05) is 0 Å². The van der Waals surface area contributed by atoms with Crippen LogP contribution >= 0.6 is 0 Å². The first kappa shape index (κ1) is 46.7. The second kappa shape index (κ2) is 35.3. The molecule has 16 heteroatoms. The molecule has 0 N–H and O–H groups in total. The van der Waals surface area contributed by atoms with E-state index in [0.29, 0.717) is 176 Å². The van der Waals surface area contributed by atoms with E-state index in [1.54, 1.807) is 30.3 Å². The Morgan fingerprint density at radius 2 is 0.604 bits per heavy atom. The van der Waals surface area contributed by atoms with E-state index in [1.807, 2.05) is 0 Å². The van der Waals surface area contributed by atoms with Crippen LogP contribution < -0.4 is 0 Å². The summed E-state index contributed by atoms with van der Waals surface area (Å²) in [5.41, 5.74) is 0.880. The highest BCUT2D eigenvalue weighted by Gasteiger charge is 2.34. The summed E-state index contributed by atoms with van der Waals surface area (Å²) in [6, 6.07) is 6.81. The van der Waals surface area contributed by atoms with Gasteiger partial charge in [-0.25, -0.2) is 0 Å². The molecule has 1 aliphatic heterocycles. The average Bonchev–Trinajstić information content (AvgIpc) is 3.42. The molecule has 16 nitrogen and oxygen atoms in total. The van der Waals surface area contributed by atoms with Gasteiger partial charge < -0.3 is 61.6 Å². The maximum Gasteiger partial charge on any atom is 0.261 e. The number of hydrogen-bond donors (Lipinski definition) is 0. The largest absolute Gasteiger partial charge is 0.377 e. The zero-order chi connectivity index (χ0) is 37.7. The van der Waals surface area contributed by atoms with E-state index in [2.05, 4.69) is 6.58 Å². The van der Waals surface area contributed by atoms with E-state index in [0.717, 1.165) is 0 Å². The van der Waals surface area contributed by atoms with Crippen LogP contribution in [0.5, 0.6) is 0 Å². The zero-order valence-electron chi connectivity index (χ0n) is 31.3. The molecular weight excluding hydrogens is 698 g/mol. The van der Waals surface area contributed by atoms with Crippen molar-refractivity contribution in [3.63, 3.8) is 0 Å². The number of rotatable bonds is 41. The van der Waals surface area contributed by atoms with Crippen LogP contribution in [0.4, 0.5) is 0 Å². The number of carbonyl (C=O) groups is 2. The number of benzene rings is 1. The smallest absolute Gasteiger partial charge is 0.261 e. The molecule has 1 aromatic rings. The minimum atomic E-state index is -0.280. The lowest BCUT2D eigenvalue weighted by Gasteiger charge is -2.13. The van der Waals surface area contributed by atoms with Gasteiger partial charge in [-0.3, -0.25) is 14.5 Å². The van der Waals surface area contributed by atoms with Crippen LogP contribution in [0.15, 0.2) is 36.9 Å². The third-order valence-electron chi connectivity index (χ3n) is 7.04. The first-order valence-electron chi connectivity index (χ1n) is 18.3. The van der Waals surface area contributed by atoms with Crippen LogP contribution in [-0.4, -0.2) is 195 Å². The Hall–Kier alpha value is -2.42. The predicted molar refractivity (Wildman–Crippen MR) is 193 cm³/mol. The molecule has 0 saturated heterocycles. The Kier molecular flexibility index (Phi) is 31.1. The Morgan fingerprint density at radius 1 is 0.377 bits per heavy atom. The number of ether oxygens (including phenoxy) is 13. The number of fused-ring (bicyclic) bond motifs is 1. The monoisotopic (exact) mass is 759 g/mol. The van der Waals surface area contributed by atoms with E-state index in [9.17, 15) is 9.59 Å². The maximum atomic E-state index is 12.3. The van der Waals surface area contributed by atoms with Gasteiger partial charge in [0.15, 0.2) is 0 Å². The summed E-state index contributed by atoms with van der Waals surface area (Å²) >= 11 is 0. The quantitative estimate of drug-likeness (QED) is 0.0540. The molecule has 0 radical (unpaired) electrons. The summed E-state index contributed by atoms with van der Waals surface area (Å²) < 4.78 is 70.8. The van der Waals surface area contributed by atoms with Crippen molar-refractivity contribution in [2.45, 2.75) is 0 Å². The summed E-state index contributed by atoms with van der Waals surface area (Å²) in [5.74, 6) is -0.559. The van der Waals surface area contributed by atoms with Crippen molar-refractivity contribution in [2.75, 3.05) is 178 Å². The minimum Gasteiger partial charge on any atom is -0.377 e. The van der Waals surface area contributed by atoms with Crippen molar-refractivity contribution >= 4 is 11.8 Å². The SMILES string of the molecule is C=CCOCCOCCOCCOCCOCCOCCOCCOCCOCCOCCOCCOCCOCCN1C(=O)c2ccccc2C1=O. The van der Waals surface area contributed by atoms with Gasteiger partial charge in [0.2, 0.25) is 0 Å². The van der Waals surface area contributed by atoms with Crippen LogP contribution in [0.1, 0.15) is 20.7 Å². The second-order valence-electron chi connectivity index (χ2n) is 11.0. The van der Waals surface area contributed by atoms with Gasteiger partial charge in [0.25, 0.3) is 11.8 Å². The Balaban J connectivity index is 1.15. The predicted octanol–water partition coefficient (Wildman–Crippen LogP) is 1.68. The molecule has 53 heavy (non-hydrogen) atoms.